The summed E-state index contributed by atoms with van der Waals surface area (Å²) in [6.45, 7) is 0.382. The molecule has 12 heteroatoms. The summed E-state index contributed by atoms with van der Waals surface area (Å²) in [7, 11) is -2.68. The normalized spacial score (nSPS) is 11.8. The smallest absolute Gasteiger partial charge is 0.328 e. The fourth-order valence-corrected chi connectivity index (χ4v) is 5.91. The topological polar surface area (TPSA) is 126 Å². The van der Waals surface area contributed by atoms with Crippen LogP contribution in [0.5, 0.6) is 0 Å². The molecule has 1 heterocycles. The third-order valence-electron chi connectivity index (χ3n) is 6.08. The van der Waals surface area contributed by atoms with E-state index in [1.54, 1.807) is 42.5 Å². The summed E-state index contributed by atoms with van der Waals surface area (Å²) in [4.78, 5) is 29.4. The van der Waals surface area contributed by atoms with E-state index in [0.29, 0.717) is 22.2 Å². The van der Waals surface area contributed by atoms with Crippen LogP contribution in [0.15, 0.2) is 101 Å². The van der Waals surface area contributed by atoms with Gasteiger partial charge >= 0.3 is 12.0 Å². The highest BCUT2D eigenvalue weighted by atomic mass is 35.5. The van der Waals surface area contributed by atoms with Gasteiger partial charge in [0.1, 0.15) is 6.04 Å². The number of hydrogen-bond acceptors (Lipinski definition) is 7. The number of halogens is 2. The molecule has 41 heavy (non-hydrogen) atoms. The monoisotopic (exact) mass is 612 g/mol. The van der Waals surface area contributed by atoms with E-state index in [9.17, 15) is 18.0 Å². The van der Waals surface area contributed by atoms with Crippen LogP contribution >= 0.6 is 23.2 Å². The molecule has 3 N–H and O–H groups in total. The van der Waals surface area contributed by atoms with E-state index in [0.717, 1.165) is 11.3 Å². The van der Waals surface area contributed by atoms with Crippen LogP contribution in [-0.4, -0.2) is 38.6 Å². The maximum Gasteiger partial charge on any atom is 0.328 e. The van der Waals surface area contributed by atoms with Crippen molar-refractivity contribution in [1.29, 1.82) is 0 Å². The second kappa shape index (κ2) is 13.5. The zero-order chi connectivity index (χ0) is 29.4. The molecular weight excluding hydrogens is 587 g/mol. The number of para-hydroxylation sites is 1. The van der Waals surface area contributed by atoms with Gasteiger partial charge in [-0.1, -0.05) is 65.7 Å². The standard InChI is InChI=1S/C29H26Cl2N4O5S/c1-40-28(36)26(15-19-11-13-20(14-12-19)33-16-22-23(30)17-32-18-24(22)31)35-29(37)34-25-9-5-6-10-27(25)41(38,39)21-7-3-2-4-8-21/h2-14,17-18,26,33H,15-16H2,1H3,(H2,34,35,37). The molecule has 0 radical (unpaired) electrons. The number of urea groups is 1. The highest BCUT2D eigenvalue weighted by Gasteiger charge is 2.25. The zero-order valence-corrected chi connectivity index (χ0v) is 24.1. The molecule has 0 spiro atoms. The molecule has 0 saturated heterocycles. The Morgan fingerprint density at radius 2 is 1.54 bits per heavy atom. The molecule has 4 rings (SSSR count). The Morgan fingerprint density at radius 1 is 0.902 bits per heavy atom. The maximum absolute atomic E-state index is 13.2. The lowest BCUT2D eigenvalue weighted by Crippen LogP contribution is -2.45. The molecule has 1 aromatic heterocycles. The van der Waals surface area contributed by atoms with Gasteiger partial charge in [0.05, 0.1) is 32.6 Å². The first-order valence-corrected chi connectivity index (χ1v) is 14.6. The first-order chi connectivity index (χ1) is 19.7. The third kappa shape index (κ3) is 7.55. The molecule has 0 aliphatic carbocycles. The quantitative estimate of drug-likeness (QED) is 0.195. The maximum atomic E-state index is 13.2. The molecule has 1 unspecified atom stereocenters. The number of benzene rings is 3. The summed E-state index contributed by atoms with van der Waals surface area (Å²) in [6.07, 6.45) is 3.17. The predicted octanol–water partition coefficient (Wildman–Crippen LogP) is 5.74. The van der Waals surface area contributed by atoms with Gasteiger partial charge in [-0.3, -0.25) is 4.98 Å². The van der Waals surface area contributed by atoms with Gasteiger partial charge in [0.15, 0.2) is 0 Å². The van der Waals surface area contributed by atoms with Gasteiger partial charge in [-0.15, -0.1) is 0 Å². The number of hydrogen-bond donors (Lipinski definition) is 3. The highest BCUT2D eigenvalue weighted by molar-refractivity contribution is 7.91. The van der Waals surface area contributed by atoms with Crippen LogP contribution in [0.4, 0.5) is 16.2 Å². The van der Waals surface area contributed by atoms with E-state index < -0.39 is 27.9 Å². The minimum atomic E-state index is -3.90. The van der Waals surface area contributed by atoms with E-state index >= 15 is 0 Å². The van der Waals surface area contributed by atoms with Crippen molar-refractivity contribution in [3.8, 4) is 0 Å². The predicted molar refractivity (Wildman–Crippen MR) is 158 cm³/mol. The number of methoxy groups -OCH3 is 1. The highest BCUT2D eigenvalue weighted by Crippen LogP contribution is 2.28. The average Bonchev–Trinajstić information content (AvgIpc) is 2.97. The molecule has 0 aliphatic heterocycles. The lowest BCUT2D eigenvalue weighted by molar-refractivity contribution is -0.142. The molecule has 212 valence electrons. The minimum Gasteiger partial charge on any atom is -0.467 e. The largest absolute Gasteiger partial charge is 0.467 e. The average molecular weight is 614 g/mol. The SMILES string of the molecule is COC(=O)C(Cc1ccc(NCc2c(Cl)cncc2Cl)cc1)NC(=O)Nc1ccccc1S(=O)(=O)c1ccccc1. The number of anilines is 2. The van der Waals surface area contributed by atoms with E-state index in [2.05, 4.69) is 20.9 Å². The number of nitrogens with zero attached hydrogens (tertiary/aromatic N) is 1. The molecular formula is C29H26Cl2N4O5S. The van der Waals surface area contributed by atoms with Crippen LogP contribution in [0.25, 0.3) is 0 Å². The van der Waals surface area contributed by atoms with E-state index in [-0.39, 0.29) is 21.9 Å². The van der Waals surface area contributed by atoms with Crippen LogP contribution in [-0.2, 0) is 32.3 Å². The van der Waals surface area contributed by atoms with E-state index in [1.807, 2.05) is 12.1 Å². The lowest BCUT2D eigenvalue weighted by Gasteiger charge is -2.18. The number of sulfone groups is 1. The van der Waals surface area contributed by atoms with Gasteiger partial charge in [0, 0.05) is 36.6 Å². The number of carbonyl (C=O) groups excluding carboxylic acids is 2. The Bertz CT molecular complexity index is 1610. The molecule has 0 saturated carbocycles. The summed E-state index contributed by atoms with van der Waals surface area (Å²) in [5, 5.41) is 9.28. The van der Waals surface area contributed by atoms with Crippen LogP contribution in [0.3, 0.4) is 0 Å². The van der Waals surface area contributed by atoms with Crippen LogP contribution in [0.1, 0.15) is 11.1 Å². The summed E-state index contributed by atoms with van der Waals surface area (Å²) in [5.41, 5.74) is 2.32. The Labute approximate surface area is 247 Å². The van der Waals surface area contributed by atoms with Crippen molar-refractivity contribution in [2.45, 2.75) is 28.8 Å². The van der Waals surface area contributed by atoms with Gasteiger partial charge in [-0.25, -0.2) is 18.0 Å². The zero-order valence-electron chi connectivity index (χ0n) is 21.8. The Hall–Kier alpha value is -4.12. The number of carbonyl (C=O) groups is 2. The van der Waals surface area contributed by atoms with Crippen LogP contribution in [0.2, 0.25) is 10.0 Å². The van der Waals surface area contributed by atoms with Crippen molar-refractivity contribution in [2.24, 2.45) is 0 Å². The number of aromatic nitrogens is 1. The molecule has 0 bridgehead atoms. The molecule has 2 amide bonds. The summed E-state index contributed by atoms with van der Waals surface area (Å²) >= 11 is 12.3. The molecule has 0 fully saturated rings. The molecule has 3 aromatic carbocycles. The summed E-state index contributed by atoms with van der Waals surface area (Å²) in [6, 6.07) is 19.4. The fourth-order valence-electron chi connectivity index (χ4n) is 3.97. The van der Waals surface area contributed by atoms with Gasteiger partial charge in [0.25, 0.3) is 0 Å². The Morgan fingerprint density at radius 3 is 2.20 bits per heavy atom. The summed E-state index contributed by atoms with van der Waals surface area (Å²) in [5.74, 6) is -0.658. The Kier molecular flexibility index (Phi) is 9.82. The van der Waals surface area contributed by atoms with Crippen molar-refractivity contribution in [1.82, 2.24) is 10.3 Å². The third-order valence-corrected chi connectivity index (χ3v) is 8.56. The van der Waals surface area contributed by atoms with E-state index in [4.69, 9.17) is 27.9 Å². The van der Waals surface area contributed by atoms with Crippen molar-refractivity contribution in [3.05, 3.63) is 112 Å². The first kappa shape index (κ1) is 29.9. The van der Waals surface area contributed by atoms with Crippen LogP contribution in [0, 0.1) is 0 Å². The number of nitrogens with one attached hydrogen (secondary N) is 3. The molecule has 4 aromatic rings. The minimum absolute atomic E-state index is 0.0716. The van der Waals surface area contributed by atoms with Gasteiger partial charge in [-0.05, 0) is 42.0 Å². The second-order valence-corrected chi connectivity index (χ2v) is 11.6. The number of amides is 2. The van der Waals surface area contributed by atoms with Crippen molar-refractivity contribution in [3.63, 3.8) is 0 Å². The number of rotatable bonds is 10. The second-order valence-electron chi connectivity index (χ2n) is 8.82. The molecule has 1 atom stereocenters. The lowest BCUT2D eigenvalue weighted by atomic mass is 10.1. The van der Waals surface area contributed by atoms with Gasteiger partial charge in [-0.2, -0.15) is 0 Å². The van der Waals surface area contributed by atoms with E-state index in [1.165, 1.54) is 43.8 Å². The first-order valence-electron chi connectivity index (χ1n) is 12.3. The van der Waals surface area contributed by atoms with Crippen molar-refractivity contribution >= 4 is 56.4 Å². The van der Waals surface area contributed by atoms with Crippen molar-refractivity contribution < 1.29 is 22.7 Å². The fraction of sp³-hybridized carbons (Fsp3) is 0.138. The van der Waals surface area contributed by atoms with Crippen molar-refractivity contribution in [2.75, 3.05) is 17.7 Å². The molecule has 9 nitrogen and oxygen atoms in total. The Balaban J connectivity index is 1.43. The van der Waals surface area contributed by atoms with Crippen LogP contribution < -0.4 is 16.0 Å². The number of ether oxygens (including phenoxy) is 1. The number of pyridine rings is 1. The molecule has 0 aliphatic rings. The van der Waals surface area contributed by atoms with Gasteiger partial charge in [0.2, 0.25) is 9.84 Å². The summed E-state index contributed by atoms with van der Waals surface area (Å²) < 4.78 is 31.2. The number of esters is 1. The van der Waals surface area contributed by atoms with Gasteiger partial charge < -0.3 is 20.7 Å².